The number of nitrogens with two attached hydrogens (primary N) is 1. The van der Waals surface area contributed by atoms with Crippen molar-refractivity contribution < 1.29 is 14.0 Å². The molecule has 0 saturated heterocycles. The molecule has 0 radical (unpaired) electrons. The molecule has 7 heteroatoms. The standard InChI is InChI=1S/C16H13N3O4/c17-11-6-7-12-13(8-11)23-16(22)19(12)14(20)9-18-15(21)10-4-2-1-3-5-10/h1-8H,9,17H2,(H,18,21). The van der Waals surface area contributed by atoms with Gasteiger partial charge in [0.05, 0.1) is 12.1 Å². The minimum atomic E-state index is -0.815. The summed E-state index contributed by atoms with van der Waals surface area (Å²) < 4.78 is 5.86. The second-order valence-electron chi connectivity index (χ2n) is 4.87. The van der Waals surface area contributed by atoms with Gasteiger partial charge in [-0.2, -0.15) is 0 Å². The summed E-state index contributed by atoms with van der Waals surface area (Å²) >= 11 is 0. The third kappa shape index (κ3) is 2.84. The number of nitrogens with zero attached hydrogens (tertiary/aromatic N) is 1. The summed E-state index contributed by atoms with van der Waals surface area (Å²) in [5, 5.41) is 2.48. The summed E-state index contributed by atoms with van der Waals surface area (Å²) in [5.74, 6) is -1.81. The smallest absolute Gasteiger partial charge is 0.407 e. The maximum absolute atomic E-state index is 12.2. The highest BCUT2D eigenvalue weighted by molar-refractivity contribution is 5.98. The maximum atomic E-state index is 12.2. The maximum Gasteiger partial charge on any atom is 0.426 e. The van der Waals surface area contributed by atoms with Gasteiger partial charge < -0.3 is 15.5 Å². The van der Waals surface area contributed by atoms with Gasteiger partial charge in [0, 0.05) is 17.3 Å². The Morgan fingerprint density at radius 1 is 1.13 bits per heavy atom. The first-order chi connectivity index (χ1) is 11.1. The van der Waals surface area contributed by atoms with Crippen LogP contribution in [0.1, 0.15) is 15.2 Å². The zero-order valence-corrected chi connectivity index (χ0v) is 12.0. The molecule has 0 unspecified atom stereocenters. The van der Waals surface area contributed by atoms with E-state index >= 15 is 0 Å². The first kappa shape index (κ1) is 14.6. The third-order valence-corrected chi connectivity index (χ3v) is 3.29. The van der Waals surface area contributed by atoms with Gasteiger partial charge in [0.1, 0.15) is 0 Å². The van der Waals surface area contributed by atoms with E-state index in [0.717, 1.165) is 4.57 Å². The summed E-state index contributed by atoms with van der Waals surface area (Å²) in [6, 6.07) is 13.0. The van der Waals surface area contributed by atoms with Crippen LogP contribution in [0.3, 0.4) is 0 Å². The lowest BCUT2D eigenvalue weighted by Gasteiger charge is -2.05. The van der Waals surface area contributed by atoms with Crippen molar-refractivity contribution in [2.45, 2.75) is 0 Å². The molecule has 1 amide bonds. The Morgan fingerprint density at radius 3 is 2.61 bits per heavy atom. The largest absolute Gasteiger partial charge is 0.426 e. The summed E-state index contributed by atoms with van der Waals surface area (Å²) in [6.45, 7) is -0.327. The van der Waals surface area contributed by atoms with Gasteiger partial charge in [0.2, 0.25) is 0 Å². The number of nitrogens with one attached hydrogen (secondary N) is 1. The minimum absolute atomic E-state index is 0.220. The number of carbonyl (C=O) groups is 2. The van der Waals surface area contributed by atoms with Crippen LogP contribution in [0, 0.1) is 0 Å². The highest BCUT2D eigenvalue weighted by Gasteiger charge is 2.17. The van der Waals surface area contributed by atoms with Crippen LogP contribution in [0.25, 0.3) is 11.1 Å². The molecule has 7 nitrogen and oxygen atoms in total. The number of fused-ring (bicyclic) bond motifs is 1. The molecule has 3 aromatic rings. The van der Waals surface area contributed by atoms with Crippen LogP contribution in [0.5, 0.6) is 0 Å². The summed E-state index contributed by atoms with van der Waals surface area (Å²) in [6.07, 6.45) is 0. The number of carbonyl (C=O) groups excluding carboxylic acids is 2. The van der Waals surface area contributed by atoms with Gasteiger partial charge in [-0.1, -0.05) is 18.2 Å². The number of hydrogen-bond donors (Lipinski definition) is 2. The topological polar surface area (TPSA) is 107 Å². The van der Waals surface area contributed by atoms with Crippen molar-refractivity contribution in [3.05, 3.63) is 64.6 Å². The molecular weight excluding hydrogens is 298 g/mol. The molecule has 1 heterocycles. The highest BCUT2D eigenvalue weighted by Crippen LogP contribution is 2.16. The fraction of sp³-hybridized carbons (Fsp3) is 0.0625. The van der Waals surface area contributed by atoms with Gasteiger partial charge in [0.15, 0.2) is 5.58 Å². The van der Waals surface area contributed by atoms with Gasteiger partial charge in [0.25, 0.3) is 11.8 Å². The van der Waals surface area contributed by atoms with E-state index in [1.54, 1.807) is 36.4 Å². The molecular formula is C16H13N3O4. The average molecular weight is 311 g/mol. The number of anilines is 1. The molecule has 0 atom stereocenters. The first-order valence-electron chi connectivity index (χ1n) is 6.84. The number of oxazole rings is 1. The molecule has 116 valence electrons. The van der Waals surface area contributed by atoms with Crippen LogP contribution in [0.4, 0.5) is 5.69 Å². The van der Waals surface area contributed by atoms with E-state index in [1.165, 1.54) is 12.1 Å². The average Bonchev–Trinajstić information content (AvgIpc) is 2.88. The third-order valence-electron chi connectivity index (χ3n) is 3.29. The molecule has 0 saturated carbocycles. The molecule has 0 aliphatic carbocycles. The first-order valence-corrected chi connectivity index (χ1v) is 6.84. The predicted molar refractivity (Wildman–Crippen MR) is 84.3 cm³/mol. The van der Waals surface area contributed by atoms with Crippen LogP contribution in [-0.2, 0) is 0 Å². The number of amides is 1. The lowest BCUT2D eigenvalue weighted by atomic mass is 10.2. The number of nitrogen functional groups attached to an aromatic ring is 1. The van der Waals surface area contributed by atoms with Crippen molar-refractivity contribution >= 4 is 28.6 Å². The van der Waals surface area contributed by atoms with E-state index in [-0.39, 0.29) is 12.1 Å². The van der Waals surface area contributed by atoms with Crippen LogP contribution in [0.2, 0.25) is 0 Å². The van der Waals surface area contributed by atoms with Crippen LogP contribution in [-0.4, -0.2) is 22.9 Å². The highest BCUT2D eigenvalue weighted by atomic mass is 16.4. The molecule has 0 fully saturated rings. The molecule has 3 N–H and O–H groups in total. The second-order valence-corrected chi connectivity index (χ2v) is 4.87. The SMILES string of the molecule is Nc1ccc2c(c1)oc(=O)n2C(=O)CNC(=O)c1ccccc1. The fourth-order valence-electron chi connectivity index (χ4n) is 2.20. The monoisotopic (exact) mass is 311 g/mol. The van der Waals surface area contributed by atoms with Crippen LogP contribution >= 0.6 is 0 Å². The molecule has 0 bridgehead atoms. The Balaban J connectivity index is 1.80. The molecule has 3 rings (SSSR count). The van der Waals surface area contributed by atoms with Gasteiger partial charge >= 0.3 is 5.76 Å². The normalized spacial score (nSPS) is 10.6. The van der Waals surface area contributed by atoms with Gasteiger partial charge in [-0.3, -0.25) is 9.59 Å². The quantitative estimate of drug-likeness (QED) is 0.708. The van der Waals surface area contributed by atoms with Crippen molar-refractivity contribution in [2.75, 3.05) is 12.3 Å². The molecule has 0 aliphatic heterocycles. The number of aromatic nitrogens is 1. The van der Waals surface area contributed by atoms with Gasteiger partial charge in [-0.25, -0.2) is 9.36 Å². The summed E-state index contributed by atoms with van der Waals surface area (Å²) in [7, 11) is 0. The van der Waals surface area contributed by atoms with Gasteiger partial charge in [-0.15, -0.1) is 0 Å². The molecule has 0 aliphatic rings. The van der Waals surface area contributed by atoms with Crippen LogP contribution < -0.4 is 16.8 Å². The zero-order chi connectivity index (χ0) is 16.4. The Hall–Kier alpha value is -3.35. The molecule has 1 aromatic heterocycles. The number of benzene rings is 2. The van der Waals surface area contributed by atoms with Crippen molar-refractivity contribution in [1.29, 1.82) is 0 Å². The van der Waals surface area contributed by atoms with E-state index in [2.05, 4.69) is 5.32 Å². The predicted octanol–water partition coefficient (Wildman–Crippen LogP) is 1.25. The van der Waals surface area contributed by atoms with E-state index in [4.69, 9.17) is 10.2 Å². The Kier molecular flexibility index (Phi) is 3.68. The lowest BCUT2D eigenvalue weighted by molar-refractivity contribution is 0.0858. The number of hydrogen-bond acceptors (Lipinski definition) is 5. The second kappa shape index (κ2) is 5.80. The lowest BCUT2D eigenvalue weighted by Crippen LogP contribution is -2.35. The Bertz CT molecular complexity index is 941. The molecule has 2 aromatic carbocycles. The molecule has 23 heavy (non-hydrogen) atoms. The van der Waals surface area contributed by atoms with Gasteiger partial charge in [-0.05, 0) is 24.3 Å². The summed E-state index contributed by atoms with van der Waals surface area (Å²) in [5.41, 5.74) is 6.99. The van der Waals surface area contributed by atoms with Crippen molar-refractivity contribution in [3.8, 4) is 0 Å². The van der Waals surface area contributed by atoms with Crippen LogP contribution in [0.15, 0.2) is 57.7 Å². The van der Waals surface area contributed by atoms with Crippen molar-refractivity contribution in [1.82, 2.24) is 9.88 Å². The van der Waals surface area contributed by atoms with Crippen molar-refractivity contribution in [2.24, 2.45) is 0 Å². The van der Waals surface area contributed by atoms with E-state index in [9.17, 15) is 14.4 Å². The Labute approximate surface area is 130 Å². The number of rotatable bonds is 3. The zero-order valence-electron chi connectivity index (χ0n) is 12.0. The van der Waals surface area contributed by atoms with Crippen molar-refractivity contribution in [3.63, 3.8) is 0 Å². The summed E-state index contributed by atoms with van der Waals surface area (Å²) in [4.78, 5) is 36.0. The minimum Gasteiger partial charge on any atom is -0.407 e. The Morgan fingerprint density at radius 2 is 1.87 bits per heavy atom. The van der Waals surface area contributed by atoms with E-state index in [0.29, 0.717) is 16.8 Å². The fourth-order valence-corrected chi connectivity index (χ4v) is 2.20. The molecule has 0 spiro atoms. The van der Waals surface area contributed by atoms with E-state index in [1.807, 2.05) is 0 Å². The van der Waals surface area contributed by atoms with E-state index < -0.39 is 17.6 Å².